The summed E-state index contributed by atoms with van der Waals surface area (Å²) in [6.07, 6.45) is -4.53. The van der Waals surface area contributed by atoms with Crippen LogP contribution in [-0.2, 0) is 11.0 Å². The molecular weight excluding hydrogens is 567 g/mol. The molecule has 1 aromatic heterocycles. The highest BCUT2D eigenvalue weighted by Gasteiger charge is 2.49. The minimum Gasteiger partial charge on any atom is -0.489 e. The number of nitrogens with two attached hydrogens (primary N) is 1. The first-order chi connectivity index (χ1) is 20.3. The molecule has 1 aliphatic rings. The van der Waals surface area contributed by atoms with E-state index in [-0.39, 0.29) is 30.6 Å². The van der Waals surface area contributed by atoms with E-state index in [2.05, 4.69) is 20.8 Å². The number of halogens is 3. The van der Waals surface area contributed by atoms with Gasteiger partial charge >= 0.3 is 18.2 Å². The fraction of sp³-hybridized carbons (Fsp3) is 0.241. The molecule has 4 aromatic rings. The largest absolute Gasteiger partial charge is 0.489 e. The van der Waals surface area contributed by atoms with Gasteiger partial charge in [0.2, 0.25) is 0 Å². The van der Waals surface area contributed by atoms with Crippen molar-refractivity contribution in [1.82, 2.24) is 20.0 Å². The number of hydrogen-bond donors (Lipinski definition) is 4. The summed E-state index contributed by atoms with van der Waals surface area (Å²) < 4.78 is 44.8. The minimum atomic E-state index is -4.53. The third-order valence-electron chi connectivity index (χ3n) is 7.31. The number of H-pyrrole nitrogens is 1. The Balaban J connectivity index is 1.27. The average Bonchev–Trinajstić information content (AvgIpc) is 3.41. The quantitative estimate of drug-likeness (QED) is 0.207. The molecule has 5 rings (SSSR count). The van der Waals surface area contributed by atoms with E-state index in [0.717, 1.165) is 28.2 Å². The maximum absolute atomic E-state index is 13.0. The zero-order valence-electron chi connectivity index (χ0n) is 23.4. The highest BCUT2D eigenvalue weighted by Crippen LogP contribution is 2.37. The third kappa shape index (κ3) is 5.63. The molecule has 0 saturated carbocycles. The Morgan fingerprint density at radius 1 is 1.05 bits per heavy atom. The monoisotopic (exact) mass is 595 g/mol. The lowest BCUT2D eigenvalue weighted by Crippen LogP contribution is -2.41. The lowest BCUT2D eigenvalue weighted by atomic mass is 10.0. The van der Waals surface area contributed by atoms with Gasteiger partial charge in [-0.2, -0.15) is 18.3 Å². The van der Waals surface area contributed by atoms with E-state index >= 15 is 0 Å². The number of carbonyl (C=O) groups excluding carboxylic acids is 3. The van der Waals surface area contributed by atoms with Crippen molar-refractivity contribution < 1.29 is 32.3 Å². The molecule has 0 bridgehead atoms. The summed E-state index contributed by atoms with van der Waals surface area (Å²) >= 11 is 0. The van der Waals surface area contributed by atoms with Gasteiger partial charge in [-0.25, -0.2) is 9.59 Å². The molecule has 14 heteroatoms. The van der Waals surface area contributed by atoms with E-state index in [0.29, 0.717) is 22.3 Å². The summed E-state index contributed by atoms with van der Waals surface area (Å²) in [5, 5.41) is 12.6. The van der Waals surface area contributed by atoms with E-state index < -0.39 is 29.3 Å². The summed E-state index contributed by atoms with van der Waals surface area (Å²) in [5.74, 6) is 0.353. The number of ether oxygens (including phenoxy) is 1. The van der Waals surface area contributed by atoms with Crippen LogP contribution in [0, 0.1) is 0 Å². The molecule has 0 spiro atoms. The summed E-state index contributed by atoms with van der Waals surface area (Å²) in [6, 6.07) is 13.5. The minimum absolute atomic E-state index is 0.00103. The number of aromatic amines is 1. The van der Waals surface area contributed by atoms with Gasteiger partial charge in [0.15, 0.2) is 5.82 Å². The van der Waals surface area contributed by atoms with Gasteiger partial charge in [0.05, 0.1) is 17.5 Å². The number of nitrogens with one attached hydrogen (secondary N) is 3. The van der Waals surface area contributed by atoms with Crippen LogP contribution in [0.1, 0.15) is 19.4 Å². The Kier molecular flexibility index (Phi) is 7.38. The Labute approximate surface area is 243 Å². The van der Waals surface area contributed by atoms with Crippen LogP contribution in [0.25, 0.3) is 22.0 Å². The van der Waals surface area contributed by atoms with Crippen LogP contribution in [0.3, 0.4) is 0 Å². The number of amides is 5. The number of hydrogen-bond acceptors (Lipinski definition) is 6. The van der Waals surface area contributed by atoms with E-state index in [9.17, 15) is 27.6 Å². The van der Waals surface area contributed by atoms with Crippen molar-refractivity contribution in [3.05, 3.63) is 66.2 Å². The zero-order valence-corrected chi connectivity index (χ0v) is 23.4. The smallest absolute Gasteiger partial charge is 0.416 e. The zero-order chi connectivity index (χ0) is 31.1. The fourth-order valence-corrected chi connectivity index (χ4v) is 4.72. The number of imide groups is 1. The number of carbonyl (C=O) groups is 3. The molecule has 5 N–H and O–H groups in total. The highest BCUT2D eigenvalue weighted by atomic mass is 19.4. The number of alkyl halides is 3. The number of anilines is 3. The maximum atomic E-state index is 13.0. The van der Waals surface area contributed by atoms with E-state index in [1.807, 2.05) is 0 Å². The summed E-state index contributed by atoms with van der Waals surface area (Å²) in [7, 11) is 1.58. The van der Waals surface area contributed by atoms with Gasteiger partial charge in [0, 0.05) is 18.4 Å². The second-order valence-corrected chi connectivity index (χ2v) is 10.4. The third-order valence-corrected chi connectivity index (χ3v) is 7.31. The van der Waals surface area contributed by atoms with Crippen molar-refractivity contribution in [3.8, 4) is 16.9 Å². The number of nitrogen functional groups attached to an aromatic ring is 1. The molecule has 2 heterocycles. The van der Waals surface area contributed by atoms with E-state index in [1.54, 1.807) is 57.3 Å². The average molecular weight is 596 g/mol. The molecule has 0 unspecified atom stereocenters. The van der Waals surface area contributed by atoms with Crippen LogP contribution in [-0.4, -0.2) is 63.7 Å². The lowest BCUT2D eigenvalue weighted by molar-refractivity contribution is -0.137. The predicted octanol–water partition coefficient (Wildman–Crippen LogP) is 5.53. The van der Waals surface area contributed by atoms with Crippen LogP contribution >= 0.6 is 0 Å². The predicted molar refractivity (Wildman–Crippen MR) is 154 cm³/mol. The number of rotatable bonds is 7. The van der Waals surface area contributed by atoms with Gasteiger partial charge in [-0.05, 0) is 67.4 Å². The van der Waals surface area contributed by atoms with Crippen LogP contribution in [0.4, 0.5) is 40.0 Å². The molecule has 0 atom stereocenters. The topological polar surface area (TPSA) is 146 Å². The van der Waals surface area contributed by atoms with Gasteiger partial charge in [-0.1, -0.05) is 18.2 Å². The Morgan fingerprint density at radius 2 is 1.74 bits per heavy atom. The molecule has 0 radical (unpaired) electrons. The van der Waals surface area contributed by atoms with Gasteiger partial charge < -0.3 is 26.0 Å². The Hall–Kier alpha value is -5.27. The highest BCUT2D eigenvalue weighted by molar-refractivity contribution is 6.06. The summed E-state index contributed by atoms with van der Waals surface area (Å²) in [6.45, 7) is 3.48. The van der Waals surface area contributed by atoms with Crippen molar-refractivity contribution >= 4 is 46.1 Å². The lowest BCUT2D eigenvalue weighted by Gasteiger charge is -2.22. The molecule has 1 aliphatic heterocycles. The number of aromatic nitrogens is 2. The number of urea groups is 2. The first-order valence-corrected chi connectivity index (χ1v) is 13.1. The molecule has 3 aromatic carbocycles. The van der Waals surface area contributed by atoms with Crippen molar-refractivity contribution in [2.45, 2.75) is 25.6 Å². The SMILES string of the molecule is CN1C(=O)N(CCOc2ccc(-c3ccc(NC(=O)Nc4cccc(C(F)(F)F)c4)cc3)c3c(N)n[nH]c23)C(=O)C1(C)C. The maximum Gasteiger partial charge on any atom is 0.416 e. The molecule has 224 valence electrons. The standard InChI is InChI=1S/C29H28F3N7O4/c1-28(2)25(40)39(27(42)38(28)3)13-14-43-21-12-11-20(22-23(21)36-37-24(22)33)16-7-9-18(10-8-16)34-26(41)35-19-6-4-5-17(15-19)29(30,31)32/h4-12,15H,13-14H2,1-3H3,(H3,33,36,37)(H2,34,35,41). The first kappa shape index (κ1) is 29.2. The van der Waals surface area contributed by atoms with E-state index in [1.165, 1.54) is 17.0 Å². The van der Waals surface area contributed by atoms with Crippen molar-refractivity contribution in [3.63, 3.8) is 0 Å². The normalized spacial score (nSPS) is 14.8. The van der Waals surface area contributed by atoms with Crippen LogP contribution in [0.15, 0.2) is 60.7 Å². The first-order valence-electron chi connectivity index (χ1n) is 13.1. The second-order valence-electron chi connectivity index (χ2n) is 10.4. The number of nitrogens with zero attached hydrogens (tertiary/aromatic N) is 3. The number of benzene rings is 3. The molecule has 43 heavy (non-hydrogen) atoms. The van der Waals surface area contributed by atoms with Gasteiger partial charge in [0.1, 0.15) is 23.4 Å². The van der Waals surface area contributed by atoms with Crippen molar-refractivity contribution in [2.24, 2.45) is 0 Å². The van der Waals surface area contributed by atoms with Gasteiger partial charge in [-0.15, -0.1) is 0 Å². The van der Waals surface area contributed by atoms with Crippen molar-refractivity contribution in [1.29, 1.82) is 0 Å². The number of fused-ring (bicyclic) bond motifs is 1. The molecule has 0 aliphatic carbocycles. The molecule has 11 nitrogen and oxygen atoms in total. The summed E-state index contributed by atoms with van der Waals surface area (Å²) in [4.78, 5) is 40.0. The fourth-order valence-electron chi connectivity index (χ4n) is 4.72. The number of likely N-dealkylation sites (N-methyl/N-ethyl adjacent to an activating group) is 1. The van der Waals surface area contributed by atoms with Gasteiger partial charge in [0.25, 0.3) is 5.91 Å². The molecular formula is C29H28F3N7O4. The second kappa shape index (κ2) is 10.9. The van der Waals surface area contributed by atoms with Crippen molar-refractivity contribution in [2.75, 3.05) is 36.6 Å². The summed E-state index contributed by atoms with van der Waals surface area (Å²) in [5.41, 5.74) is 6.76. The Bertz CT molecular complexity index is 1720. The molecule has 5 amide bonds. The van der Waals surface area contributed by atoms with E-state index in [4.69, 9.17) is 10.5 Å². The Morgan fingerprint density at radius 3 is 2.40 bits per heavy atom. The van der Waals surface area contributed by atoms with Crippen LogP contribution in [0.2, 0.25) is 0 Å². The molecule has 1 saturated heterocycles. The van der Waals surface area contributed by atoms with Crippen LogP contribution < -0.4 is 21.1 Å². The van der Waals surface area contributed by atoms with Crippen LogP contribution in [0.5, 0.6) is 5.75 Å². The molecule has 1 fully saturated rings. The van der Waals surface area contributed by atoms with Gasteiger partial charge in [-0.3, -0.25) is 14.8 Å².